The molecule has 1 fully saturated rings. The summed E-state index contributed by atoms with van der Waals surface area (Å²) in [6, 6.07) is 4.99. The number of benzene rings is 1. The molecule has 3 N–H and O–H groups in total. The maximum absolute atomic E-state index is 12.5. The highest BCUT2D eigenvalue weighted by Crippen LogP contribution is 2.32. The third-order valence-electron chi connectivity index (χ3n) is 5.05. The molecule has 0 saturated heterocycles. The minimum atomic E-state index is -3.68. The molecule has 6 heteroatoms. The standard InChI is InChI=1S/C17H24N2O3S/c18-23(21,22)14-9-10-15-13(11-14)7-4-8-16(15)19-17(20)12-5-2-1-3-6-12/h9-12,16H,1-8H2,(H,19,20)(H2,18,21,22). The summed E-state index contributed by atoms with van der Waals surface area (Å²) in [5, 5.41) is 8.39. The Hall–Kier alpha value is -1.40. The van der Waals surface area contributed by atoms with Crippen molar-refractivity contribution in [1.29, 1.82) is 0 Å². The van der Waals surface area contributed by atoms with Crippen LogP contribution in [0.1, 0.15) is 62.1 Å². The summed E-state index contributed by atoms with van der Waals surface area (Å²) in [7, 11) is -3.68. The van der Waals surface area contributed by atoms with Crippen molar-refractivity contribution in [1.82, 2.24) is 5.32 Å². The molecule has 1 saturated carbocycles. The van der Waals surface area contributed by atoms with Crippen LogP contribution in [0.2, 0.25) is 0 Å². The molecule has 0 aliphatic heterocycles. The Morgan fingerprint density at radius 1 is 1.09 bits per heavy atom. The van der Waals surface area contributed by atoms with E-state index in [2.05, 4.69) is 5.32 Å². The van der Waals surface area contributed by atoms with E-state index in [0.717, 1.165) is 56.1 Å². The van der Waals surface area contributed by atoms with Gasteiger partial charge in [-0.1, -0.05) is 25.3 Å². The lowest BCUT2D eigenvalue weighted by Crippen LogP contribution is -2.36. The fraction of sp³-hybridized carbons (Fsp3) is 0.588. The molecule has 1 amide bonds. The first-order valence-corrected chi connectivity index (χ1v) is 9.96. The van der Waals surface area contributed by atoms with Gasteiger partial charge in [-0.2, -0.15) is 0 Å². The van der Waals surface area contributed by atoms with Gasteiger partial charge in [0.2, 0.25) is 15.9 Å². The molecule has 2 aliphatic carbocycles. The molecule has 5 nitrogen and oxygen atoms in total. The second kappa shape index (κ2) is 6.61. The molecule has 1 atom stereocenters. The Kier molecular flexibility index (Phi) is 4.73. The van der Waals surface area contributed by atoms with Crippen molar-refractivity contribution >= 4 is 15.9 Å². The predicted octanol–water partition coefficient (Wildman–Crippen LogP) is 2.41. The summed E-state index contributed by atoms with van der Waals surface area (Å²) in [5.41, 5.74) is 2.02. The number of primary sulfonamides is 1. The highest BCUT2D eigenvalue weighted by atomic mass is 32.2. The fourth-order valence-corrected chi connectivity index (χ4v) is 4.34. The first-order chi connectivity index (χ1) is 10.9. The van der Waals surface area contributed by atoms with E-state index < -0.39 is 10.0 Å². The number of hydrogen-bond acceptors (Lipinski definition) is 3. The quantitative estimate of drug-likeness (QED) is 0.888. The maximum Gasteiger partial charge on any atom is 0.238 e. The minimum absolute atomic E-state index is 0.0114. The van der Waals surface area contributed by atoms with Crippen LogP contribution in [-0.2, 0) is 21.2 Å². The van der Waals surface area contributed by atoms with Gasteiger partial charge in [-0.3, -0.25) is 4.79 Å². The van der Waals surface area contributed by atoms with Crippen LogP contribution in [0.15, 0.2) is 23.1 Å². The Balaban J connectivity index is 1.77. The lowest BCUT2D eigenvalue weighted by molar-refractivity contribution is -0.126. The zero-order chi connectivity index (χ0) is 16.4. The van der Waals surface area contributed by atoms with Crippen molar-refractivity contribution in [3.8, 4) is 0 Å². The Morgan fingerprint density at radius 3 is 2.52 bits per heavy atom. The van der Waals surface area contributed by atoms with Gasteiger partial charge < -0.3 is 5.32 Å². The maximum atomic E-state index is 12.5. The van der Waals surface area contributed by atoms with Crippen molar-refractivity contribution in [3.05, 3.63) is 29.3 Å². The molecule has 3 rings (SSSR count). The van der Waals surface area contributed by atoms with Crippen LogP contribution >= 0.6 is 0 Å². The molecule has 126 valence electrons. The molecule has 0 bridgehead atoms. The molecule has 1 aromatic rings. The predicted molar refractivity (Wildman–Crippen MR) is 88.2 cm³/mol. The summed E-state index contributed by atoms with van der Waals surface area (Å²) in [6.45, 7) is 0. The molecule has 1 aromatic carbocycles. The van der Waals surface area contributed by atoms with Gasteiger partial charge in [-0.05, 0) is 55.4 Å². The number of rotatable bonds is 3. The second-order valence-electron chi connectivity index (χ2n) is 6.69. The van der Waals surface area contributed by atoms with E-state index in [1.165, 1.54) is 6.42 Å². The summed E-state index contributed by atoms with van der Waals surface area (Å²) >= 11 is 0. The summed E-state index contributed by atoms with van der Waals surface area (Å²) in [4.78, 5) is 12.6. The lowest BCUT2D eigenvalue weighted by Gasteiger charge is -2.29. The largest absolute Gasteiger partial charge is 0.349 e. The number of hydrogen-bond donors (Lipinski definition) is 2. The Morgan fingerprint density at radius 2 is 1.83 bits per heavy atom. The number of amides is 1. The zero-order valence-corrected chi connectivity index (χ0v) is 14.1. The number of fused-ring (bicyclic) bond motifs is 1. The van der Waals surface area contributed by atoms with Gasteiger partial charge in [-0.15, -0.1) is 0 Å². The SMILES string of the molecule is NS(=O)(=O)c1ccc2c(c1)CCCC2NC(=O)C1CCCCC1. The first-order valence-electron chi connectivity index (χ1n) is 8.41. The number of carbonyl (C=O) groups excluding carboxylic acids is 1. The number of sulfonamides is 1. The summed E-state index contributed by atoms with van der Waals surface area (Å²) in [6.07, 6.45) is 8.14. The highest BCUT2D eigenvalue weighted by molar-refractivity contribution is 7.89. The number of nitrogens with two attached hydrogens (primary N) is 1. The molecule has 1 unspecified atom stereocenters. The van der Waals surface area contributed by atoms with Gasteiger partial charge in [-0.25, -0.2) is 13.6 Å². The molecule has 0 radical (unpaired) electrons. The van der Waals surface area contributed by atoms with E-state index in [-0.39, 0.29) is 22.8 Å². The second-order valence-corrected chi connectivity index (χ2v) is 8.26. The van der Waals surface area contributed by atoms with Gasteiger partial charge in [0.15, 0.2) is 0 Å². The summed E-state index contributed by atoms with van der Waals surface area (Å²) in [5.74, 6) is 0.288. The zero-order valence-electron chi connectivity index (χ0n) is 13.3. The van der Waals surface area contributed by atoms with E-state index in [1.807, 2.05) is 0 Å². The average molecular weight is 336 g/mol. The Bertz CT molecular complexity index is 694. The van der Waals surface area contributed by atoms with Crippen LogP contribution in [0.25, 0.3) is 0 Å². The van der Waals surface area contributed by atoms with Gasteiger partial charge in [0.25, 0.3) is 0 Å². The molecule has 0 heterocycles. The van der Waals surface area contributed by atoms with E-state index in [0.29, 0.717) is 0 Å². The molecule has 0 aromatic heterocycles. The van der Waals surface area contributed by atoms with Crippen molar-refractivity contribution in [3.63, 3.8) is 0 Å². The topological polar surface area (TPSA) is 89.3 Å². The van der Waals surface area contributed by atoms with E-state index in [9.17, 15) is 13.2 Å². The van der Waals surface area contributed by atoms with Crippen LogP contribution < -0.4 is 10.5 Å². The average Bonchev–Trinajstić information content (AvgIpc) is 2.54. The number of aryl methyl sites for hydroxylation is 1. The number of nitrogens with one attached hydrogen (secondary N) is 1. The monoisotopic (exact) mass is 336 g/mol. The normalized spacial score (nSPS) is 22.4. The third kappa shape index (κ3) is 3.75. The van der Waals surface area contributed by atoms with Crippen LogP contribution in [-0.4, -0.2) is 14.3 Å². The van der Waals surface area contributed by atoms with Crippen molar-refractivity contribution in [2.45, 2.75) is 62.3 Å². The lowest BCUT2D eigenvalue weighted by atomic mass is 9.85. The van der Waals surface area contributed by atoms with Crippen molar-refractivity contribution in [2.75, 3.05) is 0 Å². The summed E-state index contributed by atoms with van der Waals surface area (Å²) < 4.78 is 23.0. The van der Waals surface area contributed by atoms with Crippen molar-refractivity contribution in [2.24, 2.45) is 11.1 Å². The van der Waals surface area contributed by atoms with E-state index in [4.69, 9.17) is 5.14 Å². The van der Waals surface area contributed by atoms with E-state index in [1.54, 1.807) is 18.2 Å². The fourth-order valence-electron chi connectivity index (χ4n) is 3.77. The minimum Gasteiger partial charge on any atom is -0.349 e. The van der Waals surface area contributed by atoms with Gasteiger partial charge in [0.1, 0.15) is 0 Å². The third-order valence-corrected chi connectivity index (χ3v) is 5.96. The molecule has 23 heavy (non-hydrogen) atoms. The number of carbonyl (C=O) groups is 1. The van der Waals surface area contributed by atoms with Crippen LogP contribution in [0.4, 0.5) is 0 Å². The first kappa shape index (κ1) is 16.5. The van der Waals surface area contributed by atoms with Crippen LogP contribution in [0, 0.1) is 5.92 Å². The smallest absolute Gasteiger partial charge is 0.238 e. The van der Waals surface area contributed by atoms with Crippen LogP contribution in [0.5, 0.6) is 0 Å². The Labute approximate surface area is 137 Å². The van der Waals surface area contributed by atoms with E-state index >= 15 is 0 Å². The molecule has 2 aliphatic rings. The van der Waals surface area contributed by atoms with Crippen LogP contribution in [0.3, 0.4) is 0 Å². The molecular formula is C17H24N2O3S. The van der Waals surface area contributed by atoms with Gasteiger partial charge in [0.05, 0.1) is 10.9 Å². The van der Waals surface area contributed by atoms with Gasteiger partial charge >= 0.3 is 0 Å². The molecular weight excluding hydrogens is 312 g/mol. The molecule has 0 spiro atoms. The van der Waals surface area contributed by atoms with Crippen molar-refractivity contribution < 1.29 is 13.2 Å². The highest BCUT2D eigenvalue weighted by Gasteiger charge is 2.27. The van der Waals surface area contributed by atoms with Gasteiger partial charge in [0, 0.05) is 5.92 Å².